The molecule has 110 valence electrons. The van der Waals surface area contributed by atoms with Gasteiger partial charge in [-0.3, -0.25) is 0 Å². The highest BCUT2D eigenvalue weighted by Gasteiger charge is 2.30. The zero-order valence-corrected chi connectivity index (χ0v) is 13.2. The summed E-state index contributed by atoms with van der Waals surface area (Å²) in [7, 11) is 0.314. The predicted molar refractivity (Wildman–Crippen MR) is 77.4 cm³/mol. The number of nitrogens with zero attached hydrogens (tertiary/aromatic N) is 2. The lowest BCUT2D eigenvalue weighted by Gasteiger charge is -2.34. The molecule has 1 atom stereocenters. The van der Waals surface area contributed by atoms with E-state index in [1.807, 2.05) is 7.05 Å². The van der Waals surface area contributed by atoms with Crippen LogP contribution in [0.2, 0.25) is 0 Å². The molecule has 1 unspecified atom stereocenters. The van der Waals surface area contributed by atoms with Crippen molar-refractivity contribution in [2.75, 3.05) is 33.7 Å². The Kier molecular flexibility index (Phi) is 8.38. The number of halogens is 1. The Hall–Kier alpha value is 0.120. The van der Waals surface area contributed by atoms with Gasteiger partial charge in [0.05, 0.1) is 0 Å². The van der Waals surface area contributed by atoms with Crippen LogP contribution in [0.3, 0.4) is 0 Å². The van der Waals surface area contributed by atoms with Crippen LogP contribution >= 0.6 is 12.4 Å². The van der Waals surface area contributed by atoms with E-state index in [1.54, 1.807) is 11.4 Å². The van der Waals surface area contributed by atoms with Crippen molar-refractivity contribution in [3.05, 3.63) is 0 Å². The lowest BCUT2D eigenvalue weighted by atomic mass is 10.1. The van der Waals surface area contributed by atoms with Crippen LogP contribution < -0.4 is 5.32 Å². The summed E-state index contributed by atoms with van der Waals surface area (Å²) in [6, 6.07) is 0.290. The SMILES string of the molecule is CCCCN(C)S(=O)(=O)N1CCCC(NC)C1.Cl. The Morgan fingerprint density at radius 1 is 1.44 bits per heavy atom. The minimum absolute atomic E-state index is 0. The zero-order valence-electron chi connectivity index (χ0n) is 11.6. The van der Waals surface area contributed by atoms with E-state index in [0.717, 1.165) is 25.7 Å². The molecule has 0 amide bonds. The largest absolute Gasteiger partial charge is 0.316 e. The van der Waals surface area contributed by atoms with Crippen molar-refractivity contribution in [2.45, 2.75) is 38.6 Å². The van der Waals surface area contributed by atoms with Crippen molar-refractivity contribution in [3.8, 4) is 0 Å². The highest BCUT2D eigenvalue weighted by Crippen LogP contribution is 2.16. The molecule has 0 saturated carbocycles. The maximum Gasteiger partial charge on any atom is 0.281 e. The smallest absolute Gasteiger partial charge is 0.281 e. The van der Waals surface area contributed by atoms with Gasteiger partial charge in [0.15, 0.2) is 0 Å². The van der Waals surface area contributed by atoms with Gasteiger partial charge in [-0.05, 0) is 26.3 Å². The van der Waals surface area contributed by atoms with E-state index in [2.05, 4.69) is 12.2 Å². The van der Waals surface area contributed by atoms with Crippen LogP contribution in [-0.2, 0) is 10.2 Å². The first-order valence-corrected chi connectivity index (χ1v) is 7.80. The molecule has 18 heavy (non-hydrogen) atoms. The number of hydrogen-bond acceptors (Lipinski definition) is 3. The third kappa shape index (κ3) is 4.66. The molecule has 1 fully saturated rings. The number of unbranched alkanes of at least 4 members (excludes halogenated alkanes) is 1. The van der Waals surface area contributed by atoms with Crippen molar-refractivity contribution < 1.29 is 8.42 Å². The zero-order chi connectivity index (χ0) is 12.9. The van der Waals surface area contributed by atoms with Crippen molar-refractivity contribution >= 4 is 22.6 Å². The maximum atomic E-state index is 12.3. The summed E-state index contributed by atoms with van der Waals surface area (Å²) >= 11 is 0. The average molecular weight is 300 g/mol. The van der Waals surface area contributed by atoms with Crippen molar-refractivity contribution in [3.63, 3.8) is 0 Å². The number of rotatable bonds is 6. The molecule has 1 heterocycles. The van der Waals surface area contributed by atoms with Crippen molar-refractivity contribution in [2.24, 2.45) is 0 Å². The van der Waals surface area contributed by atoms with Gasteiger partial charge in [0.2, 0.25) is 0 Å². The van der Waals surface area contributed by atoms with Crippen LogP contribution in [0.5, 0.6) is 0 Å². The summed E-state index contributed by atoms with van der Waals surface area (Å²) in [5, 5.41) is 3.16. The van der Waals surface area contributed by atoms with Crippen LogP contribution in [0.4, 0.5) is 0 Å². The number of piperidine rings is 1. The normalized spacial score (nSPS) is 21.9. The summed E-state index contributed by atoms with van der Waals surface area (Å²) in [6.45, 7) is 3.92. The predicted octanol–water partition coefficient (Wildman–Crippen LogP) is 1.07. The van der Waals surface area contributed by atoms with E-state index >= 15 is 0 Å². The van der Waals surface area contributed by atoms with Gasteiger partial charge in [-0.1, -0.05) is 13.3 Å². The van der Waals surface area contributed by atoms with Gasteiger partial charge in [0, 0.05) is 32.7 Å². The summed E-state index contributed by atoms with van der Waals surface area (Å²) in [5.41, 5.74) is 0. The second-order valence-corrected chi connectivity index (χ2v) is 6.70. The van der Waals surface area contributed by atoms with E-state index < -0.39 is 10.2 Å². The van der Waals surface area contributed by atoms with Crippen LogP contribution in [0.15, 0.2) is 0 Å². The van der Waals surface area contributed by atoms with Crippen LogP contribution in [0.1, 0.15) is 32.6 Å². The molecule has 1 aliphatic rings. The fourth-order valence-corrected chi connectivity index (χ4v) is 3.56. The lowest BCUT2D eigenvalue weighted by molar-refractivity contribution is 0.274. The van der Waals surface area contributed by atoms with Gasteiger partial charge in [-0.2, -0.15) is 17.0 Å². The van der Waals surface area contributed by atoms with E-state index in [9.17, 15) is 8.42 Å². The number of hydrogen-bond donors (Lipinski definition) is 1. The minimum Gasteiger partial charge on any atom is -0.316 e. The molecule has 0 spiro atoms. The summed E-state index contributed by atoms with van der Waals surface area (Å²) in [4.78, 5) is 0. The summed E-state index contributed by atoms with van der Waals surface area (Å²) < 4.78 is 27.6. The monoisotopic (exact) mass is 299 g/mol. The van der Waals surface area contributed by atoms with Crippen LogP contribution in [0.25, 0.3) is 0 Å². The fraction of sp³-hybridized carbons (Fsp3) is 1.00. The molecule has 1 aliphatic heterocycles. The van der Waals surface area contributed by atoms with Gasteiger partial charge in [0.1, 0.15) is 0 Å². The van der Waals surface area contributed by atoms with Gasteiger partial charge >= 0.3 is 0 Å². The fourth-order valence-electron chi connectivity index (χ4n) is 2.08. The van der Waals surface area contributed by atoms with Gasteiger partial charge < -0.3 is 5.32 Å². The second-order valence-electron chi connectivity index (χ2n) is 4.67. The first kappa shape index (κ1) is 18.1. The maximum absolute atomic E-state index is 12.3. The molecule has 0 bridgehead atoms. The highest BCUT2D eigenvalue weighted by molar-refractivity contribution is 7.86. The third-order valence-electron chi connectivity index (χ3n) is 3.34. The van der Waals surface area contributed by atoms with E-state index in [1.165, 1.54) is 4.31 Å². The third-order valence-corrected chi connectivity index (χ3v) is 5.29. The Morgan fingerprint density at radius 2 is 2.11 bits per heavy atom. The van der Waals surface area contributed by atoms with Crippen molar-refractivity contribution in [1.29, 1.82) is 0 Å². The first-order valence-electron chi connectivity index (χ1n) is 6.41. The van der Waals surface area contributed by atoms with E-state index in [4.69, 9.17) is 0 Å². The molecule has 1 N–H and O–H groups in total. The minimum atomic E-state index is -3.25. The molecule has 1 rings (SSSR count). The Balaban J connectivity index is 0.00000289. The Labute approximate surface area is 118 Å². The van der Waals surface area contributed by atoms with Crippen molar-refractivity contribution in [1.82, 2.24) is 13.9 Å². The molecular formula is C11H26ClN3O2S. The molecule has 0 aromatic heterocycles. The Bertz CT molecular complexity index is 324. The number of likely N-dealkylation sites (N-methyl/N-ethyl adjacent to an activating group) is 1. The van der Waals surface area contributed by atoms with Crippen LogP contribution in [0, 0.1) is 0 Å². The van der Waals surface area contributed by atoms with E-state index in [0.29, 0.717) is 19.6 Å². The first-order chi connectivity index (χ1) is 8.02. The molecule has 0 aromatic rings. The molecule has 0 radical (unpaired) electrons. The Morgan fingerprint density at radius 3 is 2.67 bits per heavy atom. The molecule has 5 nitrogen and oxygen atoms in total. The molecule has 0 aliphatic carbocycles. The summed E-state index contributed by atoms with van der Waals surface area (Å²) in [5.74, 6) is 0. The standard InChI is InChI=1S/C11H25N3O2S.ClH/c1-4-5-8-13(3)17(15,16)14-9-6-7-11(10-14)12-2;/h11-12H,4-10H2,1-3H3;1H. The lowest BCUT2D eigenvalue weighted by Crippen LogP contribution is -2.51. The van der Waals surface area contributed by atoms with Crippen LogP contribution in [-0.4, -0.2) is 56.8 Å². The van der Waals surface area contributed by atoms with Gasteiger partial charge in [0.25, 0.3) is 10.2 Å². The molecule has 0 aromatic carbocycles. The molecule has 1 saturated heterocycles. The second kappa shape index (κ2) is 8.32. The number of nitrogens with one attached hydrogen (secondary N) is 1. The molecule has 7 heteroatoms. The molecular weight excluding hydrogens is 274 g/mol. The highest BCUT2D eigenvalue weighted by atomic mass is 35.5. The van der Waals surface area contributed by atoms with E-state index in [-0.39, 0.29) is 18.4 Å². The quantitative estimate of drug-likeness (QED) is 0.798. The topological polar surface area (TPSA) is 52.7 Å². The van der Waals surface area contributed by atoms with Gasteiger partial charge in [-0.25, -0.2) is 0 Å². The van der Waals surface area contributed by atoms with Gasteiger partial charge in [-0.15, -0.1) is 12.4 Å². The average Bonchev–Trinajstić information content (AvgIpc) is 2.35. The summed E-state index contributed by atoms with van der Waals surface area (Å²) in [6.07, 6.45) is 3.92.